The van der Waals surface area contributed by atoms with E-state index in [1.54, 1.807) is 6.20 Å². The maximum Gasteiger partial charge on any atom is 0.225 e. The minimum Gasteiger partial charge on any atom is -0.389 e. The van der Waals surface area contributed by atoms with Gasteiger partial charge in [-0.25, -0.2) is 15.0 Å². The second-order valence-electron chi connectivity index (χ2n) is 8.07. The number of aryl methyl sites for hydroxylation is 2. The lowest BCUT2D eigenvalue weighted by Gasteiger charge is -2.36. The molecule has 7 nitrogen and oxygen atoms in total. The van der Waals surface area contributed by atoms with Gasteiger partial charge in [-0.2, -0.15) is 0 Å². The van der Waals surface area contributed by atoms with E-state index < -0.39 is 0 Å². The van der Waals surface area contributed by atoms with Crippen LogP contribution in [0.3, 0.4) is 0 Å². The molecule has 1 fully saturated rings. The van der Waals surface area contributed by atoms with Gasteiger partial charge in [-0.15, -0.1) is 0 Å². The van der Waals surface area contributed by atoms with Crippen LogP contribution in [0.2, 0.25) is 5.02 Å². The van der Waals surface area contributed by atoms with Crippen molar-refractivity contribution in [2.45, 2.75) is 32.9 Å². The average Bonchev–Trinajstić information content (AvgIpc) is 2.71. The molecule has 0 amide bonds. The molecule has 5 rings (SSSR count). The summed E-state index contributed by atoms with van der Waals surface area (Å²) in [4.78, 5) is 22.6. The normalized spacial score (nSPS) is 16.4. The number of rotatable bonds is 3. The SMILES string of the molecule is Cc1cnc(-c2cc(N3CCc4nc(N5CC(O)C5)ncc4C3)ncc2Cl)c(C)c1. The fourth-order valence-corrected chi connectivity index (χ4v) is 4.24. The number of aliphatic hydroxyl groups excluding tert-OH is 1. The zero-order valence-electron chi connectivity index (χ0n) is 17.0. The maximum atomic E-state index is 9.51. The van der Waals surface area contributed by atoms with E-state index in [0.29, 0.717) is 30.6 Å². The summed E-state index contributed by atoms with van der Waals surface area (Å²) in [7, 11) is 0. The lowest BCUT2D eigenvalue weighted by atomic mass is 10.0. The zero-order chi connectivity index (χ0) is 20.8. The van der Waals surface area contributed by atoms with E-state index in [1.165, 1.54) is 0 Å². The largest absolute Gasteiger partial charge is 0.389 e. The number of aliphatic hydroxyl groups is 1. The van der Waals surface area contributed by atoms with Crippen molar-refractivity contribution in [2.24, 2.45) is 0 Å². The Bertz CT molecular complexity index is 1110. The summed E-state index contributed by atoms with van der Waals surface area (Å²) < 4.78 is 0. The first-order chi connectivity index (χ1) is 14.5. The Kier molecular flexibility index (Phi) is 4.79. The Labute approximate surface area is 180 Å². The molecule has 2 aliphatic rings. The summed E-state index contributed by atoms with van der Waals surface area (Å²) in [6, 6.07) is 4.14. The predicted octanol–water partition coefficient (Wildman–Crippen LogP) is 2.95. The van der Waals surface area contributed by atoms with Crippen LogP contribution in [-0.4, -0.2) is 50.8 Å². The highest BCUT2D eigenvalue weighted by molar-refractivity contribution is 6.33. The van der Waals surface area contributed by atoms with Crippen molar-refractivity contribution in [1.82, 2.24) is 19.9 Å². The Morgan fingerprint density at radius 3 is 2.63 bits per heavy atom. The minimum absolute atomic E-state index is 0.267. The summed E-state index contributed by atoms with van der Waals surface area (Å²) >= 11 is 6.48. The van der Waals surface area contributed by atoms with Gasteiger partial charge in [-0.1, -0.05) is 17.7 Å². The number of pyridine rings is 2. The molecule has 0 unspecified atom stereocenters. The highest BCUT2D eigenvalue weighted by Gasteiger charge is 2.28. The van der Waals surface area contributed by atoms with E-state index in [-0.39, 0.29) is 6.10 Å². The topological polar surface area (TPSA) is 78.3 Å². The van der Waals surface area contributed by atoms with Crippen LogP contribution in [0.4, 0.5) is 11.8 Å². The molecule has 0 aliphatic carbocycles. The fourth-order valence-electron chi connectivity index (χ4n) is 4.05. The predicted molar refractivity (Wildman–Crippen MR) is 117 cm³/mol. The van der Waals surface area contributed by atoms with Crippen LogP contribution in [0, 0.1) is 13.8 Å². The molecular formula is C22H23ClN6O. The van der Waals surface area contributed by atoms with Crippen LogP contribution in [0.25, 0.3) is 11.3 Å². The third kappa shape index (κ3) is 3.48. The Morgan fingerprint density at radius 1 is 1.03 bits per heavy atom. The molecule has 0 saturated carbocycles. The lowest BCUT2D eigenvalue weighted by Crippen LogP contribution is -2.51. The minimum atomic E-state index is -0.267. The highest BCUT2D eigenvalue weighted by Crippen LogP contribution is 2.33. The molecule has 0 atom stereocenters. The van der Waals surface area contributed by atoms with Gasteiger partial charge in [-0.3, -0.25) is 4.98 Å². The summed E-state index contributed by atoms with van der Waals surface area (Å²) in [5.74, 6) is 1.58. The van der Waals surface area contributed by atoms with Crippen molar-refractivity contribution >= 4 is 23.4 Å². The van der Waals surface area contributed by atoms with Gasteiger partial charge in [0, 0.05) is 62.3 Å². The summed E-state index contributed by atoms with van der Waals surface area (Å²) in [6.07, 6.45) is 6.02. The molecule has 5 heterocycles. The van der Waals surface area contributed by atoms with Crippen molar-refractivity contribution in [2.75, 3.05) is 29.4 Å². The van der Waals surface area contributed by atoms with Crippen molar-refractivity contribution in [3.05, 3.63) is 58.1 Å². The summed E-state index contributed by atoms with van der Waals surface area (Å²) in [6.45, 7) is 6.82. The number of aromatic nitrogens is 4. The Hall–Kier alpha value is -2.77. The van der Waals surface area contributed by atoms with Crippen LogP contribution >= 0.6 is 11.6 Å². The Balaban J connectivity index is 1.41. The molecule has 0 radical (unpaired) electrons. The molecule has 154 valence electrons. The first kappa shape index (κ1) is 19.2. The molecule has 2 aliphatic heterocycles. The van der Waals surface area contributed by atoms with Crippen LogP contribution in [-0.2, 0) is 13.0 Å². The first-order valence-electron chi connectivity index (χ1n) is 10.1. The molecule has 0 spiro atoms. The zero-order valence-corrected chi connectivity index (χ0v) is 17.8. The van der Waals surface area contributed by atoms with Crippen molar-refractivity contribution in [3.63, 3.8) is 0 Å². The number of anilines is 2. The van der Waals surface area contributed by atoms with Gasteiger partial charge in [-0.05, 0) is 31.0 Å². The third-order valence-electron chi connectivity index (χ3n) is 5.70. The highest BCUT2D eigenvalue weighted by atomic mass is 35.5. The maximum absolute atomic E-state index is 9.51. The molecule has 0 aromatic carbocycles. The van der Waals surface area contributed by atoms with Gasteiger partial charge in [0.2, 0.25) is 5.95 Å². The number of nitrogens with zero attached hydrogens (tertiary/aromatic N) is 6. The second-order valence-corrected chi connectivity index (χ2v) is 8.48. The Morgan fingerprint density at radius 2 is 1.87 bits per heavy atom. The van der Waals surface area contributed by atoms with Crippen molar-refractivity contribution < 1.29 is 5.11 Å². The van der Waals surface area contributed by atoms with Gasteiger partial charge in [0.05, 0.1) is 22.5 Å². The molecule has 1 N–H and O–H groups in total. The van der Waals surface area contributed by atoms with Gasteiger partial charge in [0.25, 0.3) is 0 Å². The van der Waals surface area contributed by atoms with Crippen LogP contribution in [0.15, 0.2) is 30.7 Å². The molecule has 1 saturated heterocycles. The van der Waals surface area contributed by atoms with Crippen LogP contribution < -0.4 is 9.80 Å². The van der Waals surface area contributed by atoms with E-state index in [0.717, 1.165) is 52.4 Å². The summed E-state index contributed by atoms with van der Waals surface area (Å²) in [5, 5.41) is 10.1. The number of halogens is 1. The molecule has 8 heteroatoms. The monoisotopic (exact) mass is 422 g/mol. The standard InChI is InChI=1S/C22H23ClN6O/c1-13-5-14(2)21(25-7-13)17-6-20(24-9-18(17)23)28-4-3-19-15(10-28)8-26-22(27-19)29-11-16(30)12-29/h5-9,16,30H,3-4,10-12H2,1-2H3. The molecule has 30 heavy (non-hydrogen) atoms. The van der Waals surface area contributed by atoms with E-state index in [9.17, 15) is 5.11 Å². The van der Waals surface area contributed by atoms with Crippen molar-refractivity contribution in [3.8, 4) is 11.3 Å². The quantitative estimate of drug-likeness (QED) is 0.695. The number of fused-ring (bicyclic) bond motifs is 1. The molecule has 0 bridgehead atoms. The van der Waals surface area contributed by atoms with Crippen LogP contribution in [0.1, 0.15) is 22.4 Å². The lowest BCUT2D eigenvalue weighted by molar-refractivity contribution is 0.140. The van der Waals surface area contributed by atoms with Crippen molar-refractivity contribution in [1.29, 1.82) is 0 Å². The van der Waals surface area contributed by atoms with E-state index in [2.05, 4.69) is 32.8 Å². The second kappa shape index (κ2) is 7.49. The summed E-state index contributed by atoms with van der Waals surface area (Å²) in [5.41, 5.74) is 6.18. The average molecular weight is 423 g/mol. The van der Waals surface area contributed by atoms with Crippen LogP contribution in [0.5, 0.6) is 0 Å². The molecule has 3 aromatic heterocycles. The fraction of sp³-hybridized carbons (Fsp3) is 0.364. The van der Waals surface area contributed by atoms with Gasteiger partial charge < -0.3 is 14.9 Å². The molecular weight excluding hydrogens is 400 g/mol. The van der Waals surface area contributed by atoms with E-state index in [1.807, 2.05) is 30.3 Å². The van der Waals surface area contributed by atoms with Gasteiger partial charge >= 0.3 is 0 Å². The third-order valence-corrected chi connectivity index (χ3v) is 6.00. The number of β-amino-alcohol motifs (C(OH)–C–C–N with tert-alkyl or cyclic N) is 1. The number of hydrogen-bond acceptors (Lipinski definition) is 7. The smallest absolute Gasteiger partial charge is 0.225 e. The van der Waals surface area contributed by atoms with E-state index in [4.69, 9.17) is 16.6 Å². The first-order valence-corrected chi connectivity index (χ1v) is 10.5. The molecule has 3 aromatic rings. The van der Waals surface area contributed by atoms with Gasteiger partial charge in [0.15, 0.2) is 0 Å². The van der Waals surface area contributed by atoms with E-state index >= 15 is 0 Å². The number of hydrogen-bond donors (Lipinski definition) is 1. The van der Waals surface area contributed by atoms with Gasteiger partial charge in [0.1, 0.15) is 5.82 Å².